The average molecular weight is 617 g/mol. The Balaban J connectivity index is 1.57. The Kier molecular flexibility index (Phi) is 10.8. The van der Waals surface area contributed by atoms with Crippen molar-refractivity contribution in [1.82, 2.24) is 14.4 Å². The topological polar surface area (TPSA) is 54.8 Å². The molecule has 1 aromatic heterocycles. The Morgan fingerprint density at radius 2 is 1.59 bits per heavy atom. The van der Waals surface area contributed by atoms with Crippen molar-refractivity contribution in [1.29, 1.82) is 0 Å². The summed E-state index contributed by atoms with van der Waals surface area (Å²) in [7, 11) is 1.67. The highest BCUT2D eigenvalue weighted by molar-refractivity contribution is 9.10. The summed E-state index contributed by atoms with van der Waals surface area (Å²) in [5.41, 5.74) is 3.75. The molecule has 0 aliphatic carbocycles. The molecule has 0 aliphatic heterocycles. The molecule has 0 N–H and O–H groups in total. The van der Waals surface area contributed by atoms with Crippen molar-refractivity contribution in [3.05, 3.63) is 124 Å². The van der Waals surface area contributed by atoms with E-state index >= 15 is 0 Å². The van der Waals surface area contributed by atoms with Crippen molar-refractivity contribution in [2.24, 2.45) is 5.92 Å². The minimum atomic E-state index is -0.132. The summed E-state index contributed by atoms with van der Waals surface area (Å²) >= 11 is 3.44. The van der Waals surface area contributed by atoms with Crippen LogP contribution < -0.4 is 4.74 Å². The largest absolute Gasteiger partial charge is 0.497 e. The fourth-order valence-corrected chi connectivity index (χ4v) is 4.92. The monoisotopic (exact) mass is 615 g/mol. The van der Waals surface area contributed by atoms with E-state index in [1.54, 1.807) is 24.1 Å². The molecule has 0 saturated heterocycles. The van der Waals surface area contributed by atoms with Crippen LogP contribution in [0, 0.1) is 5.92 Å². The van der Waals surface area contributed by atoms with E-state index in [0.717, 1.165) is 33.5 Å². The highest BCUT2D eigenvalue weighted by Crippen LogP contribution is 2.18. The number of hydrogen-bond donors (Lipinski definition) is 0. The number of carbonyl (C=O) groups excluding carboxylic acids is 2. The third kappa shape index (κ3) is 8.82. The summed E-state index contributed by atoms with van der Waals surface area (Å²) in [6.07, 6.45) is 2.85. The Labute approximate surface area is 251 Å². The van der Waals surface area contributed by atoms with E-state index in [0.29, 0.717) is 37.7 Å². The van der Waals surface area contributed by atoms with Crippen LogP contribution in [0.4, 0.5) is 0 Å². The summed E-state index contributed by atoms with van der Waals surface area (Å²) in [6, 6.07) is 29.4. The molecule has 7 heteroatoms. The molecule has 0 unspecified atom stereocenters. The summed E-state index contributed by atoms with van der Waals surface area (Å²) in [5, 5.41) is 0. The Bertz CT molecular complexity index is 1420. The maximum absolute atomic E-state index is 14.0. The predicted molar refractivity (Wildman–Crippen MR) is 167 cm³/mol. The van der Waals surface area contributed by atoms with Crippen LogP contribution in [0.2, 0.25) is 0 Å². The van der Waals surface area contributed by atoms with Crippen LogP contribution in [0.5, 0.6) is 5.75 Å². The van der Waals surface area contributed by atoms with Crippen LogP contribution in [0.3, 0.4) is 0 Å². The lowest BCUT2D eigenvalue weighted by Crippen LogP contribution is -2.43. The highest BCUT2D eigenvalue weighted by atomic mass is 79.9. The van der Waals surface area contributed by atoms with Gasteiger partial charge in [0.25, 0.3) is 5.91 Å². The highest BCUT2D eigenvalue weighted by Gasteiger charge is 2.24. The molecule has 3 aromatic carbocycles. The molecule has 6 nitrogen and oxygen atoms in total. The molecule has 4 aromatic rings. The quantitative estimate of drug-likeness (QED) is 0.162. The van der Waals surface area contributed by atoms with Crippen molar-refractivity contribution in [3.63, 3.8) is 0 Å². The van der Waals surface area contributed by atoms with Gasteiger partial charge in [0.05, 0.1) is 13.7 Å². The normalized spacial score (nSPS) is 11.0. The molecule has 0 bridgehead atoms. The maximum atomic E-state index is 14.0. The zero-order chi connectivity index (χ0) is 29.2. The lowest BCUT2D eigenvalue weighted by Gasteiger charge is -2.29. The fourth-order valence-electron chi connectivity index (χ4n) is 4.65. The van der Waals surface area contributed by atoms with Crippen LogP contribution in [0.15, 0.2) is 102 Å². The number of methoxy groups -OCH3 is 1. The van der Waals surface area contributed by atoms with Crippen molar-refractivity contribution < 1.29 is 14.3 Å². The third-order valence-electron chi connectivity index (χ3n) is 7.01. The number of nitrogens with zero attached hydrogens (tertiary/aromatic N) is 3. The molecular weight excluding hydrogens is 578 g/mol. The minimum Gasteiger partial charge on any atom is -0.497 e. The van der Waals surface area contributed by atoms with E-state index in [2.05, 4.69) is 46.5 Å². The molecule has 4 rings (SSSR count). The number of hydrogen-bond acceptors (Lipinski definition) is 3. The maximum Gasteiger partial charge on any atom is 0.254 e. The molecular formula is C34H38BrN3O3. The van der Waals surface area contributed by atoms with Gasteiger partial charge in [-0.05, 0) is 72.0 Å². The van der Waals surface area contributed by atoms with Gasteiger partial charge in [-0.15, -0.1) is 0 Å². The molecule has 2 amide bonds. The molecule has 214 valence electrons. The average Bonchev–Trinajstić information content (AvgIpc) is 3.41. The second kappa shape index (κ2) is 14.7. The SMILES string of the molecule is COc1cccc(Cn2cccc2CN(Cc2ccccc2)C(=O)CN(CCC(C)C)C(=O)c2ccc(Br)cc2)c1. The molecule has 0 radical (unpaired) electrons. The molecule has 0 saturated carbocycles. The summed E-state index contributed by atoms with van der Waals surface area (Å²) in [5.74, 6) is 1.00. The van der Waals surface area contributed by atoms with Crippen LogP contribution in [0.25, 0.3) is 0 Å². The number of aromatic nitrogens is 1. The van der Waals surface area contributed by atoms with Crippen LogP contribution in [-0.2, 0) is 24.4 Å². The van der Waals surface area contributed by atoms with E-state index in [1.807, 2.05) is 77.8 Å². The van der Waals surface area contributed by atoms with E-state index < -0.39 is 0 Å². The van der Waals surface area contributed by atoms with Crippen LogP contribution in [0.1, 0.15) is 47.4 Å². The van der Waals surface area contributed by atoms with E-state index in [1.165, 1.54) is 0 Å². The van der Waals surface area contributed by atoms with E-state index in [9.17, 15) is 9.59 Å². The Hall–Kier alpha value is -3.84. The van der Waals surface area contributed by atoms with Gasteiger partial charge in [0.1, 0.15) is 12.3 Å². The minimum absolute atomic E-state index is 0.0189. The van der Waals surface area contributed by atoms with Crippen LogP contribution in [-0.4, -0.2) is 46.4 Å². The molecule has 1 heterocycles. The molecule has 0 spiro atoms. The molecule has 0 atom stereocenters. The summed E-state index contributed by atoms with van der Waals surface area (Å²) < 4.78 is 8.46. The van der Waals surface area contributed by atoms with Crippen LogP contribution >= 0.6 is 15.9 Å². The van der Waals surface area contributed by atoms with Gasteiger partial charge in [0.2, 0.25) is 5.91 Å². The van der Waals surface area contributed by atoms with Crippen molar-refractivity contribution in [2.75, 3.05) is 20.2 Å². The van der Waals surface area contributed by atoms with Gasteiger partial charge in [-0.3, -0.25) is 9.59 Å². The molecule has 41 heavy (non-hydrogen) atoms. The number of ether oxygens (including phenoxy) is 1. The Morgan fingerprint density at radius 1 is 0.854 bits per heavy atom. The third-order valence-corrected chi connectivity index (χ3v) is 7.54. The van der Waals surface area contributed by atoms with Gasteiger partial charge in [0.15, 0.2) is 0 Å². The summed E-state index contributed by atoms with van der Waals surface area (Å²) in [4.78, 5) is 31.1. The van der Waals surface area contributed by atoms with Gasteiger partial charge in [0, 0.05) is 41.6 Å². The van der Waals surface area contributed by atoms with E-state index in [4.69, 9.17) is 4.74 Å². The smallest absolute Gasteiger partial charge is 0.254 e. The van der Waals surface area contributed by atoms with Gasteiger partial charge in [-0.1, -0.05) is 72.2 Å². The first-order chi connectivity index (χ1) is 19.8. The van der Waals surface area contributed by atoms with Gasteiger partial charge >= 0.3 is 0 Å². The fraction of sp³-hybridized carbons (Fsp3) is 0.294. The predicted octanol–water partition coefficient (Wildman–Crippen LogP) is 7.02. The first-order valence-electron chi connectivity index (χ1n) is 14.0. The van der Waals surface area contributed by atoms with E-state index in [-0.39, 0.29) is 18.4 Å². The van der Waals surface area contributed by atoms with Gasteiger partial charge in [-0.2, -0.15) is 0 Å². The summed E-state index contributed by atoms with van der Waals surface area (Å²) in [6.45, 7) is 6.33. The number of amides is 2. The van der Waals surface area contributed by atoms with Crippen molar-refractivity contribution in [3.8, 4) is 5.75 Å². The first kappa shape index (κ1) is 30.1. The van der Waals surface area contributed by atoms with Crippen molar-refractivity contribution in [2.45, 2.75) is 39.9 Å². The number of carbonyl (C=O) groups is 2. The van der Waals surface area contributed by atoms with Crippen molar-refractivity contribution >= 4 is 27.7 Å². The lowest BCUT2D eigenvalue weighted by atomic mass is 10.1. The number of halogens is 1. The first-order valence-corrected chi connectivity index (χ1v) is 14.7. The zero-order valence-electron chi connectivity index (χ0n) is 24.0. The lowest BCUT2D eigenvalue weighted by molar-refractivity contribution is -0.133. The second-order valence-corrected chi connectivity index (χ2v) is 11.5. The molecule has 0 fully saturated rings. The Morgan fingerprint density at radius 3 is 2.29 bits per heavy atom. The number of benzene rings is 3. The zero-order valence-corrected chi connectivity index (χ0v) is 25.6. The number of rotatable bonds is 13. The van der Waals surface area contributed by atoms with Gasteiger partial charge < -0.3 is 19.1 Å². The molecule has 0 aliphatic rings. The van der Waals surface area contributed by atoms with Gasteiger partial charge in [-0.25, -0.2) is 0 Å². The standard InChI is InChI=1S/C34H38BrN3O3/c1-26(2)18-20-37(34(40)29-14-16-30(35)17-15-29)25-33(39)38(22-27-9-5-4-6-10-27)24-31-12-8-19-36(31)23-28-11-7-13-32(21-28)41-3/h4-17,19,21,26H,18,20,22-25H2,1-3H3. The second-order valence-electron chi connectivity index (χ2n) is 10.6.